The summed E-state index contributed by atoms with van der Waals surface area (Å²) >= 11 is 0. The SMILES string of the molecule is CCCC(=O)NS(=O)(=O)c1cccc(Nc2ncc(C)c(Nc3ccccc3CNS(=O)(=O)C3CC3C(=O)CCC)n2)c1.[H-].[Na+]. The van der Waals surface area contributed by atoms with Crippen molar-refractivity contribution in [3.63, 3.8) is 0 Å². The van der Waals surface area contributed by atoms with Crippen molar-refractivity contribution in [2.75, 3.05) is 10.6 Å². The quantitative estimate of drug-likeness (QED) is 0.174. The van der Waals surface area contributed by atoms with Crippen LogP contribution >= 0.6 is 0 Å². The van der Waals surface area contributed by atoms with Crippen LogP contribution in [0.4, 0.5) is 23.1 Å². The molecule has 0 saturated heterocycles. The number of sulfonamides is 2. The molecule has 1 saturated carbocycles. The van der Waals surface area contributed by atoms with Crippen LogP contribution in [0.3, 0.4) is 0 Å². The Hall–Kier alpha value is -2.88. The van der Waals surface area contributed by atoms with Gasteiger partial charge in [0.15, 0.2) is 0 Å². The van der Waals surface area contributed by atoms with Gasteiger partial charge in [0, 0.05) is 48.4 Å². The van der Waals surface area contributed by atoms with Gasteiger partial charge in [-0.05, 0) is 56.0 Å². The van der Waals surface area contributed by atoms with Crippen LogP contribution in [0.1, 0.15) is 58.5 Å². The van der Waals surface area contributed by atoms with Crippen molar-refractivity contribution in [3.05, 3.63) is 65.9 Å². The van der Waals surface area contributed by atoms with Crippen LogP contribution < -0.4 is 49.6 Å². The first kappa shape index (κ1) is 35.6. The predicted octanol–water partition coefficient (Wildman–Crippen LogP) is 1.17. The van der Waals surface area contributed by atoms with Crippen LogP contribution in [-0.2, 0) is 36.2 Å². The van der Waals surface area contributed by atoms with Crippen molar-refractivity contribution in [1.29, 1.82) is 0 Å². The molecule has 2 unspecified atom stereocenters. The van der Waals surface area contributed by atoms with Gasteiger partial charge >= 0.3 is 29.6 Å². The average Bonchev–Trinajstić information content (AvgIpc) is 3.77. The predicted molar refractivity (Wildman–Crippen MR) is 165 cm³/mol. The third-order valence-electron chi connectivity index (χ3n) is 6.87. The molecule has 0 aliphatic heterocycles. The second-order valence-electron chi connectivity index (χ2n) is 10.4. The fraction of sp³-hybridized carbons (Fsp3) is 0.379. The van der Waals surface area contributed by atoms with Crippen LogP contribution in [0.5, 0.6) is 0 Å². The van der Waals surface area contributed by atoms with E-state index in [0.717, 1.165) is 0 Å². The number of carbonyl (C=O) groups excluding carboxylic acids is 2. The van der Waals surface area contributed by atoms with E-state index in [1.54, 1.807) is 37.4 Å². The third-order valence-corrected chi connectivity index (χ3v) is 10.1. The van der Waals surface area contributed by atoms with E-state index in [1.807, 2.05) is 19.9 Å². The molecule has 1 fully saturated rings. The van der Waals surface area contributed by atoms with Gasteiger partial charge in [0.1, 0.15) is 11.6 Å². The average molecular weight is 653 g/mol. The minimum atomic E-state index is -4.04. The molecule has 0 bridgehead atoms. The smallest absolute Gasteiger partial charge is 1.00 e. The first-order chi connectivity index (χ1) is 20.4. The van der Waals surface area contributed by atoms with E-state index in [1.165, 1.54) is 18.2 Å². The monoisotopic (exact) mass is 652 g/mol. The second kappa shape index (κ2) is 15.4. The van der Waals surface area contributed by atoms with Crippen LogP contribution in [-0.4, -0.2) is 43.7 Å². The molecule has 4 N–H and O–H groups in total. The van der Waals surface area contributed by atoms with Crippen molar-refractivity contribution < 1.29 is 57.4 Å². The number of aromatic nitrogens is 2. The molecule has 1 heterocycles. The number of anilines is 4. The zero-order chi connectivity index (χ0) is 31.2. The van der Waals surface area contributed by atoms with Crippen LogP contribution in [0.25, 0.3) is 0 Å². The molecule has 2 aromatic carbocycles. The summed E-state index contributed by atoms with van der Waals surface area (Å²) in [7, 11) is -7.70. The van der Waals surface area contributed by atoms with E-state index in [-0.39, 0.29) is 60.6 Å². The van der Waals surface area contributed by atoms with Gasteiger partial charge < -0.3 is 12.1 Å². The zero-order valence-corrected chi connectivity index (χ0v) is 28.9. The molecule has 1 aliphatic carbocycles. The molecular formula is C29H37N6NaO6S2. The molecule has 12 nitrogen and oxygen atoms in total. The van der Waals surface area contributed by atoms with E-state index in [0.29, 0.717) is 54.0 Å². The number of carbonyl (C=O) groups is 2. The molecule has 4 rings (SSSR count). The Kier molecular flexibility index (Phi) is 12.5. The Balaban J connectivity index is 0.00000353. The first-order valence-corrected chi connectivity index (χ1v) is 17.1. The largest absolute Gasteiger partial charge is 1.00 e. The summed E-state index contributed by atoms with van der Waals surface area (Å²) in [5.74, 6) is -0.370. The van der Waals surface area contributed by atoms with Gasteiger partial charge in [-0.25, -0.2) is 31.3 Å². The van der Waals surface area contributed by atoms with E-state index in [9.17, 15) is 26.4 Å². The fourth-order valence-corrected chi connectivity index (χ4v) is 7.16. The standard InChI is InChI=1S/C29H36N6O6S2.Na.H/c1-4-9-25(36)23-16-26(23)43(40,41)31-18-20-11-6-7-14-24(20)33-28-19(3)17-30-29(34-28)32-21-12-8-13-22(15-21)42(38,39)35-27(37)10-5-2;;/h6-8,11-15,17,23,26,31H,4-5,9-10,16,18H2,1-3H3,(H,35,37)(H2,30,32,33,34);;/q;+1;-1. The number of aryl methyl sites for hydroxylation is 1. The van der Waals surface area contributed by atoms with Crippen molar-refractivity contribution >= 4 is 54.9 Å². The van der Waals surface area contributed by atoms with Gasteiger partial charge in [0.2, 0.25) is 21.9 Å². The molecule has 1 aromatic heterocycles. The Labute approximate surface area is 282 Å². The van der Waals surface area contributed by atoms with Gasteiger partial charge in [-0.15, -0.1) is 0 Å². The summed E-state index contributed by atoms with van der Waals surface area (Å²) in [6, 6.07) is 13.1. The molecule has 2 atom stereocenters. The van der Waals surface area contributed by atoms with Crippen molar-refractivity contribution in [1.82, 2.24) is 19.4 Å². The van der Waals surface area contributed by atoms with Gasteiger partial charge in [0.25, 0.3) is 10.0 Å². The maximum atomic E-state index is 12.8. The van der Waals surface area contributed by atoms with E-state index in [4.69, 9.17) is 0 Å². The van der Waals surface area contributed by atoms with E-state index >= 15 is 0 Å². The van der Waals surface area contributed by atoms with Gasteiger partial charge in [-0.3, -0.25) is 9.59 Å². The van der Waals surface area contributed by atoms with E-state index in [2.05, 4.69) is 30.0 Å². The minimum absolute atomic E-state index is 0. The Morgan fingerprint density at radius 3 is 2.43 bits per heavy atom. The fourth-order valence-electron chi connectivity index (χ4n) is 4.48. The van der Waals surface area contributed by atoms with Gasteiger partial charge in [0.05, 0.1) is 10.1 Å². The Bertz CT molecular complexity index is 1730. The Morgan fingerprint density at radius 2 is 1.70 bits per heavy atom. The number of nitrogens with zero attached hydrogens (tertiary/aromatic N) is 2. The number of rotatable bonds is 15. The maximum Gasteiger partial charge on any atom is 1.00 e. The second-order valence-corrected chi connectivity index (χ2v) is 14.1. The van der Waals surface area contributed by atoms with Crippen molar-refractivity contribution in [2.45, 2.75) is 69.6 Å². The van der Waals surface area contributed by atoms with Gasteiger partial charge in [-0.2, -0.15) is 4.98 Å². The van der Waals surface area contributed by atoms with Crippen LogP contribution in [0.2, 0.25) is 0 Å². The summed E-state index contributed by atoms with van der Waals surface area (Å²) in [5, 5.41) is 5.54. The molecule has 0 spiro atoms. The zero-order valence-electron chi connectivity index (χ0n) is 26.3. The molecule has 1 amide bonds. The number of hydrogen-bond donors (Lipinski definition) is 4. The maximum absolute atomic E-state index is 12.8. The first-order valence-electron chi connectivity index (χ1n) is 14.1. The number of nitrogens with one attached hydrogen (secondary N) is 4. The summed E-state index contributed by atoms with van der Waals surface area (Å²) in [6.07, 6.45) is 3.65. The van der Waals surface area contributed by atoms with Crippen LogP contribution in [0.15, 0.2) is 59.6 Å². The molecule has 15 heteroatoms. The summed E-state index contributed by atoms with van der Waals surface area (Å²) in [6.45, 7) is 5.52. The normalized spacial score (nSPS) is 16.0. The number of amides is 1. The molecule has 1 aliphatic rings. The Morgan fingerprint density at radius 1 is 0.977 bits per heavy atom. The molecule has 44 heavy (non-hydrogen) atoms. The number of benzene rings is 2. The van der Waals surface area contributed by atoms with Crippen LogP contribution in [0, 0.1) is 12.8 Å². The topological polar surface area (TPSA) is 176 Å². The molecule has 232 valence electrons. The van der Waals surface area contributed by atoms with E-state index < -0.39 is 37.1 Å². The number of ketones is 1. The molecule has 3 aromatic rings. The summed E-state index contributed by atoms with van der Waals surface area (Å²) < 4.78 is 55.6. The van der Waals surface area contributed by atoms with Crippen molar-refractivity contribution in [2.24, 2.45) is 5.92 Å². The summed E-state index contributed by atoms with van der Waals surface area (Å²) in [4.78, 5) is 32.7. The molecule has 0 radical (unpaired) electrons. The van der Waals surface area contributed by atoms with Gasteiger partial charge in [-0.1, -0.05) is 38.1 Å². The summed E-state index contributed by atoms with van der Waals surface area (Å²) in [5.41, 5.74) is 2.42. The number of Topliss-reactive ketones (excluding diaryl/α,β-unsaturated/α-hetero) is 1. The number of para-hydroxylation sites is 1. The third kappa shape index (κ3) is 9.31. The van der Waals surface area contributed by atoms with Crippen molar-refractivity contribution in [3.8, 4) is 0 Å². The number of hydrogen-bond acceptors (Lipinski definition) is 10. The minimum Gasteiger partial charge on any atom is -1.00 e. The molecular weight excluding hydrogens is 615 g/mol.